The van der Waals surface area contributed by atoms with E-state index >= 15 is 0 Å². The van der Waals surface area contributed by atoms with Gasteiger partial charge >= 0.3 is 11.9 Å². The Labute approximate surface area is 118 Å². The first-order chi connectivity index (χ1) is 9.23. The Morgan fingerprint density at radius 3 is 1.25 bits per heavy atom. The second-order valence-corrected chi connectivity index (χ2v) is 5.33. The molecular formula is C14H22O6. The van der Waals surface area contributed by atoms with E-state index in [1.807, 2.05) is 27.7 Å². The molecule has 0 heterocycles. The van der Waals surface area contributed by atoms with Crippen LogP contribution >= 0.6 is 0 Å². The highest BCUT2D eigenvalue weighted by Crippen LogP contribution is 2.01. The fourth-order valence-electron chi connectivity index (χ4n) is 1.08. The average molecular weight is 286 g/mol. The smallest absolute Gasteiger partial charge is 0.374 e. The van der Waals surface area contributed by atoms with E-state index in [0.717, 1.165) is 0 Å². The fraction of sp³-hybridized carbons (Fsp3) is 0.714. The third-order valence-corrected chi connectivity index (χ3v) is 2.13. The van der Waals surface area contributed by atoms with Crippen LogP contribution in [0, 0.1) is 11.8 Å². The van der Waals surface area contributed by atoms with E-state index in [0.29, 0.717) is 0 Å². The molecule has 0 aliphatic carbocycles. The Kier molecular flexibility index (Phi) is 8.43. The van der Waals surface area contributed by atoms with Gasteiger partial charge in [-0.3, -0.25) is 9.59 Å². The Bertz CT molecular complexity index is 334. The molecule has 0 saturated heterocycles. The number of ether oxygens (including phenoxy) is 2. The molecule has 0 rings (SSSR count). The first-order valence-corrected chi connectivity index (χ1v) is 6.64. The molecule has 0 aliphatic rings. The number of hydrogen-bond acceptors (Lipinski definition) is 6. The van der Waals surface area contributed by atoms with Crippen molar-refractivity contribution in [3.63, 3.8) is 0 Å². The Hall–Kier alpha value is -1.72. The van der Waals surface area contributed by atoms with E-state index in [9.17, 15) is 19.2 Å². The summed E-state index contributed by atoms with van der Waals surface area (Å²) in [7, 11) is 0. The van der Waals surface area contributed by atoms with Gasteiger partial charge < -0.3 is 9.47 Å². The fourth-order valence-corrected chi connectivity index (χ4v) is 1.08. The maximum absolute atomic E-state index is 11.4. The van der Waals surface area contributed by atoms with Gasteiger partial charge in [0.05, 0.1) is 13.2 Å². The lowest BCUT2D eigenvalue weighted by molar-refractivity contribution is -0.156. The molecule has 0 unspecified atom stereocenters. The summed E-state index contributed by atoms with van der Waals surface area (Å²) in [4.78, 5) is 45.2. The monoisotopic (exact) mass is 286 g/mol. The number of carbonyl (C=O) groups excluding carboxylic acids is 4. The predicted molar refractivity (Wildman–Crippen MR) is 70.8 cm³/mol. The molecule has 0 amide bonds. The van der Waals surface area contributed by atoms with Crippen LogP contribution in [0.5, 0.6) is 0 Å². The van der Waals surface area contributed by atoms with Gasteiger partial charge in [0.15, 0.2) is 0 Å². The minimum atomic E-state index is -0.970. The Morgan fingerprint density at radius 2 is 1.00 bits per heavy atom. The summed E-state index contributed by atoms with van der Waals surface area (Å²) >= 11 is 0. The maximum atomic E-state index is 11.4. The number of ketones is 2. The van der Waals surface area contributed by atoms with Gasteiger partial charge in [0.25, 0.3) is 0 Å². The topological polar surface area (TPSA) is 86.7 Å². The van der Waals surface area contributed by atoms with Crippen LogP contribution in [-0.2, 0) is 28.7 Å². The molecule has 0 aliphatic heterocycles. The summed E-state index contributed by atoms with van der Waals surface area (Å²) < 4.78 is 9.44. The van der Waals surface area contributed by atoms with Crippen molar-refractivity contribution in [2.24, 2.45) is 11.8 Å². The second-order valence-electron chi connectivity index (χ2n) is 5.33. The van der Waals surface area contributed by atoms with Crippen molar-refractivity contribution < 1.29 is 28.7 Å². The molecular weight excluding hydrogens is 264 g/mol. The average Bonchev–Trinajstić information content (AvgIpc) is 2.38. The molecule has 0 spiro atoms. The quantitative estimate of drug-likeness (QED) is 0.469. The van der Waals surface area contributed by atoms with E-state index in [2.05, 4.69) is 0 Å². The van der Waals surface area contributed by atoms with Crippen LogP contribution in [0.3, 0.4) is 0 Å². The maximum Gasteiger partial charge on any atom is 0.374 e. The van der Waals surface area contributed by atoms with Crippen molar-refractivity contribution in [3.05, 3.63) is 0 Å². The van der Waals surface area contributed by atoms with E-state index in [1.54, 1.807) is 0 Å². The zero-order chi connectivity index (χ0) is 15.7. The molecule has 0 radical (unpaired) electrons. The van der Waals surface area contributed by atoms with Gasteiger partial charge in [0, 0.05) is 12.8 Å². The molecule has 0 fully saturated rings. The number of rotatable bonds is 9. The van der Waals surface area contributed by atoms with E-state index < -0.39 is 23.5 Å². The highest BCUT2D eigenvalue weighted by molar-refractivity contribution is 6.37. The first-order valence-electron chi connectivity index (χ1n) is 6.64. The Balaban J connectivity index is 4.02. The second kappa shape index (κ2) is 9.23. The lowest BCUT2D eigenvalue weighted by atomic mass is 10.1. The standard InChI is InChI=1S/C14H22O6/c1-9(2)7-19-13(17)11(15)5-6-12(16)14(18)20-8-10(3)4/h9-10H,5-8H2,1-4H3. The SMILES string of the molecule is CC(C)COC(=O)C(=O)CCC(=O)C(=O)OCC(C)C. The van der Waals surface area contributed by atoms with Crippen LogP contribution in [-0.4, -0.2) is 36.7 Å². The third-order valence-electron chi connectivity index (χ3n) is 2.13. The minimum absolute atomic E-state index is 0.124. The molecule has 0 aromatic rings. The highest BCUT2D eigenvalue weighted by atomic mass is 16.5. The zero-order valence-electron chi connectivity index (χ0n) is 12.4. The number of carbonyl (C=O) groups is 4. The van der Waals surface area contributed by atoms with Crippen LogP contribution < -0.4 is 0 Å². The summed E-state index contributed by atoms with van der Waals surface area (Å²) in [6, 6.07) is 0. The van der Waals surface area contributed by atoms with Crippen molar-refractivity contribution in [2.45, 2.75) is 40.5 Å². The van der Waals surface area contributed by atoms with Crippen molar-refractivity contribution >= 4 is 23.5 Å². The van der Waals surface area contributed by atoms with Gasteiger partial charge in [-0.05, 0) is 11.8 Å². The minimum Gasteiger partial charge on any atom is -0.460 e. The van der Waals surface area contributed by atoms with Crippen LogP contribution in [0.25, 0.3) is 0 Å². The zero-order valence-corrected chi connectivity index (χ0v) is 12.4. The molecule has 6 heteroatoms. The first kappa shape index (κ1) is 18.3. The van der Waals surface area contributed by atoms with Gasteiger partial charge in [-0.25, -0.2) is 9.59 Å². The predicted octanol–water partition coefficient (Wildman–Crippen LogP) is 1.30. The summed E-state index contributed by atoms with van der Waals surface area (Å²) in [6.45, 7) is 7.65. The molecule has 114 valence electrons. The van der Waals surface area contributed by atoms with Gasteiger partial charge in [-0.2, -0.15) is 0 Å². The molecule has 0 bridgehead atoms. The van der Waals surface area contributed by atoms with Crippen LogP contribution in [0.4, 0.5) is 0 Å². The summed E-state index contributed by atoms with van der Waals surface area (Å²) in [5.41, 5.74) is 0. The van der Waals surface area contributed by atoms with Crippen molar-refractivity contribution in [1.82, 2.24) is 0 Å². The third kappa shape index (κ3) is 8.39. The molecule has 0 atom stereocenters. The lowest BCUT2D eigenvalue weighted by Gasteiger charge is -2.07. The van der Waals surface area contributed by atoms with Gasteiger partial charge in [-0.15, -0.1) is 0 Å². The van der Waals surface area contributed by atoms with Crippen molar-refractivity contribution in [1.29, 1.82) is 0 Å². The summed E-state index contributed by atoms with van der Waals surface area (Å²) in [5, 5.41) is 0. The van der Waals surface area contributed by atoms with E-state index in [1.165, 1.54) is 0 Å². The van der Waals surface area contributed by atoms with Crippen LogP contribution in [0.1, 0.15) is 40.5 Å². The summed E-state index contributed by atoms with van der Waals surface area (Å²) in [6.07, 6.45) is -0.681. The lowest BCUT2D eigenvalue weighted by Crippen LogP contribution is -2.23. The normalized spacial score (nSPS) is 10.5. The van der Waals surface area contributed by atoms with Crippen LogP contribution in [0.2, 0.25) is 0 Å². The molecule has 0 aromatic heterocycles. The van der Waals surface area contributed by atoms with Gasteiger partial charge in [-0.1, -0.05) is 27.7 Å². The molecule has 6 nitrogen and oxygen atoms in total. The molecule has 0 saturated carbocycles. The highest BCUT2D eigenvalue weighted by Gasteiger charge is 2.21. The number of esters is 2. The van der Waals surface area contributed by atoms with Gasteiger partial charge in [0.2, 0.25) is 11.6 Å². The number of Topliss-reactive ketones (excluding diaryl/α,β-unsaturated/α-hetero) is 2. The number of hydrogen-bond donors (Lipinski definition) is 0. The Morgan fingerprint density at radius 1 is 0.700 bits per heavy atom. The van der Waals surface area contributed by atoms with Crippen molar-refractivity contribution in [3.8, 4) is 0 Å². The van der Waals surface area contributed by atoms with Crippen LogP contribution in [0.15, 0.2) is 0 Å². The molecule has 0 aromatic carbocycles. The molecule has 20 heavy (non-hydrogen) atoms. The van der Waals surface area contributed by atoms with Gasteiger partial charge in [0.1, 0.15) is 0 Å². The van der Waals surface area contributed by atoms with E-state index in [4.69, 9.17) is 9.47 Å². The van der Waals surface area contributed by atoms with E-state index in [-0.39, 0.29) is 37.9 Å². The molecule has 0 N–H and O–H groups in total. The largest absolute Gasteiger partial charge is 0.460 e. The summed E-state index contributed by atoms with van der Waals surface area (Å²) in [5.74, 6) is -3.31. The van der Waals surface area contributed by atoms with Crippen molar-refractivity contribution in [2.75, 3.05) is 13.2 Å².